The lowest BCUT2D eigenvalue weighted by Gasteiger charge is -2.30. The summed E-state index contributed by atoms with van der Waals surface area (Å²) in [6.45, 7) is 6.16. The maximum absolute atomic E-state index is 15.0. The molecule has 1 atom stereocenters. The molecule has 1 aromatic heterocycles. The number of carboxylic acid groups (broad SMARTS) is 1. The zero-order valence-corrected chi connectivity index (χ0v) is 16.8. The number of nitrogens with zero attached hydrogens (tertiary/aromatic N) is 1. The molecule has 0 saturated carbocycles. The molecular weight excluding hydrogens is 399 g/mol. The van der Waals surface area contributed by atoms with Gasteiger partial charge < -0.3 is 10.2 Å². The zero-order valence-electron chi connectivity index (χ0n) is 16.8. The molecule has 0 aliphatic heterocycles. The van der Waals surface area contributed by atoms with Gasteiger partial charge in [-0.3, -0.25) is 14.2 Å². The normalized spacial score (nSPS) is 13.6. The van der Waals surface area contributed by atoms with Crippen LogP contribution in [-0.2, 0) is 10.2 Å². The van der Waals surface area contributed by atoms with Crippen LogP contribution < -0.4 is 0 Å². The summed E-state index contributed by atoms with van der Waals surface area (Å²) in [7, 11) is 0. The molecule has 8 heteroatoms. The third-order valence-corrected chi connectivity index (χ3v) is 5.78. The first-order chi connectivity index (χ1) is 13.9. The Bertz CT molecular complexity index is 1200. The van der Waals surface area contributed by atoms with Gasteiger partial charge in [0.2, 0.25) is 0 Å². The molecule has 0 aliphatic rings. The van der Waals surface area contributed by atoms with Crippen LogP contribution in [0.2, 0.25) is 0 Å². The minimum Gasteiger partial charge on any atom is -0.505 e. The van der Waals surface area contributed by atoms with Gasteiger partial charge in [-0.15, -0.1) is 0 Å². The highest BCUT2D eigenvalue weighted by molar-refractivity contribution is 6.06. The van der Waals surface area contributed by atoms with Gasteiger partial charge in [0, 0.05) is 22.2 Å². The molecule has 0 spiro atoms. The summed E-state index contributed by atoms with van der Waals surface area (Å²) in [5, 5.41) is 19.7. The molecule has 0 radical (unpaired) electrons. The van der Waals surface area contributed by atoms with Crippen LogP contribution in [0.3, 0.4) is 0 Å². The van der Waals surface area contributed by atoms with Gasteiger partial charge in [-0.2, -0.15) is 0 Å². The highest BCUT2D eigenvalue weighted by atomic mass is 19.2. The fourth-order valence-corrected chi connectivity index (χ4v) is 3.75. The van der Waals surface area contributed by atoms with Crippen LogP contribution in [0.1, 0.15) is 42.4 Å². The van der Waals surface area contributed by atoms with Crippen molar-refractivity contribution in [3.63, 3.8) is 0 Å². The van der Waals surface area contributed by atoms with Crippen molar-refractivity contribution < 1.29 is 33.0 Å². The molecule has 1 heterocycles. The van der Waals surface area contributed by atoms with Gasteiger partial charge >= 0.3 is 5.97 Å². The second-order valence-electron chi connectivity index (χ2n) is 7.68. The van der Waals surface area contributed by atoms with E-state index >= 15 is 4.39 Å². The van der Waals surface area contributed by atoms with Crippen molar-refractivity contribution in [2.24, 2.45) is 5.92 Å². The molecule has 2 N–H and O–H groups in total. The Labute approximate surface area is 170 Å². The van der Waals surface area contributed by atoms with Crippen LogP contribution in [0.15, 0.2) is 30.3 Å². The molecule has 0 saturated heterocycles. The van der Waals surface area contributed by atoms with Crippen LogP contribution in [0.25, 0.3) is 10.9 Å². The van der Waals surface area contributed by atoms with Gasteiger partial charge in [0.25, 0.3) is 5.91 Å². The molecule has 5 nitrogen and oxygen atoms in total. The molecule has 0 aliphatic carbocycles. The molecule has 0 amide bonds. The van der Waals surface area contributed by atoms with Gasteiger partial charge in [0.1, 0.15) is 0 Å². The topological polar surface area (TPSA) is 79.5 Å². The van der Waals surface area contributed by atoms with E-state index in [9.17, 15) is 28.6 Å². The smallest absolute Gasteiger partial charge is 0.314 e. The van der Waals surface area contributed by atoms with Crippen LogP contribution in [0.5, 0.6) is 5.75 Å². The molecule has 3 aromatic rings. The number of carboxylic acids is 1. The monoisotopic (exact) mass is 419 g/mol. The molecule has 158 valence electrons. The van der Waals surface area contributed by atoms with Crippen LogP contribution in [0.4, 0.5) is 13.2 Å². The maximum atomic E-state index is 15.0. The summed E-state index contributed by atoms with van der Waals surface area (Å²) in [5.41, 5.74) is -1.63. The van der Waals surface area contributed by atoms with Gasteiger partial charge in [-0.25, -0.2) is 13.2 Å². The van der Waals surface area contributed by atoms with E-state index in [0.29, 0.717) is 0 Å². The van der Waals surface area contributed by atoms with Crippen LogP contribution in [0, 0.1) is 30.3 Å². The number of aromatic nitrogens is 1. The van der Waals surface area contributed by atoms with E-state index in [1.165, 1.54) is 19.9 Å². The number of hydrogen-bond acceptors (Lipinski definition) is 3. The minimum atomic E-state index is -1.60. The maximum Gasteiger partial charge on any atom is 0.314 e. The van der Waals surface area contributed by atoms with Gasteiger partial charge in [0.05, 0.1) is 10.9 Å². The molecule has 3 rings (SSSR count). The summed E-state index contributed by atoms with van der Waals surface area (Å²) >= 11 is 0. The summed E-state index contributed by atoms with van der Waals surface area (Å²) in [4.78, 5) is 25.4. The van der Waals surface area contributed by atoms with Gasteiger partial charge in [-0.05, 0) is 50.1 Å². The van der Waals surface area contributed by atoms with E-state index in [1.807, 2.05) is 0 Å². The lowest BCUT2D eigenvalue weighted by atomic mass is 9.72. The SMILES string of the molecule is Cc1c([C@](C)(C(=O)O)C(C)C)c2c(F)c(O)ccc2n1C(=O)c1ccc(F)c(F)c1. The second-order valence-corrected chi connectivity index (χ2v) is 7.68. The Morgan fingerprint density at radius 1 is 1.07 bits per heavy atom. The zero-order chi connectivity index (χ0) is 22.5. The number of benzene rings is 2. The lowest BCUT2D eigenvalue weighted by molar-refractivity contribution is -0.145. The first-order valence-corrected chi connectivity index (χ1v) is 9.19. The molecule has 0 bridgehead atoms. The number of hydrogen-bond donors (Lipinski definition) is 2. The van der Waals surface area contributed by atoms with E-state index in [1.54, 1.807) is 13.8 Å². The van der Waals surface area contributed by atoms with Crippen molar-refractivity contribution >= 4 is 22.8 Å². The van der Waals surface area contributed by atoms with Crippen LogP contribution >= 0.6 is 0 Å². The Balaban J connectivity index is 2.44. The van der Waals surface area contributed by atoms with Crippen LogP contribution in [-0.4, -0.2) is 26.7 Å². The largest absolute Gasteiger partial charge is 0.505 e. The third-order valence-electron chi connectivity index (χ3n) is 5.78. The average Bonchev–Trinajstić information content (AvgIpc) is 2.98. The summed E-state index contributed by atoms with van der Waals surface area (Å²) in [6, 6.07) is 4.93. The number of aliphatic carboxylic acids is 1. The summed E-state index contributed by atoms with van der Waals surface area (Å²) in [5.74, 6) is -6.64. The standard InChI is InChI=1S/C22H20F3NO4/c1-10(2)22(4,21(29)30)18-11(3)26(15-7-8-16(27)19(25)17(15)18)20(28)12-5-6-13(23)14(24)9-12/h5-10,27H,1-4H3,(H,29,30)/t22-/m1/s1. The van der Waals surface area contributed by atoms with Crippen molar-refractivity contribution in [1.29, 1.82) is 0 Å². The third kappa shape index (κ3) is 2.94. The quantitative estimate of drug-likeness (QED) is 0.639. The highest BCUT2D eigenvalue weighted by Crippen LogP contribution is 2.43. The molecule has 30 heavy (non-hydrogen) atoms. The van der Waals surface area contributed by atoms with Crippen molar-refractivity contribution in [2.45, 2.75) is 33.1 Å². The number of halogens is 3. The van der Waals surface area contributed by atoms with Gasteiger partial charge in [0.15, 0.2) is 23.2 Å². The second kappa shape index (κ2) is 7.19. The number of carbonyl (C=O) groups is 2. The van der Waals surface area contributed by atoms with E-state index in [0.717, 1.165) is 28.8 Å². The fraction of sp³-hybridized carbons (Fsp3) is 0.273. The number of phenols is 1. The van der Waals surface area contributed by atoms with Crippen molar-refractivity contribution in [1.82, 2.24) is 4.57 Å². The van der Waals surface area contributed by atoms with E-state index < -0.39 is 46.4 Å². The molecule has 2 aromatic carbocycles. The van der Waals surface area contributed by atoms with E-state index in [2.05, 4.69) is 0 Å². The highest BCUT2D eigenvalue weighted by Gasteiger charge is 2.44. The summed E-state index contributed by atoms with van der Waals surface area (Å²) < 4.78 is 43.1. The van der Waals surface area contributed by atoms with Crippen molar-refractivity contribution in [3.05, 3.63) is 64.6 Å². The van der Waals surface area contributed by atoms with E-state index in [4.69, 9.17) is 0 Å². The van der Waals surface area contributed by atoms with Gasteiger partial charge in [-0.1, -0.05) is 13.8 Å². The minimum absolute atomic E-state index is 0.0145. The first kappa shape index (κ1) is 21.4. The average molecular weight is 419 g/mol. The predicted octanol–water partition coefficient (Wildman–Crippen LogP) is 4.76. The Morgan fingerprint density at radius 2 is 1.70 bits per heavy atom. The Hall–Kier alpha value is -3.29. The van der Waals surface area contributed by atoms with E-state index in [-0.39, 0.29) is 27.7 Å². The van der Waals surface area contributed by atoms with Crippen molar-refractivity contribution in [3.8, 4) is 5.75 Å². The predicted molar refractivity (Wildman–Crippen MR) is 104 cm³/mol. The fourth-order valence-electron chi connectivity index (χ4n) is 3.75. The number of aromatic hydroxyl groups is 1. The first-order valence-electron chi connectivity index (χ1n) is 9.19. The number of carbonyl (C=O) groups excluding carboxylic acids is 1. The van der Waals surface area contributed by atoms with Crippen molar-refractivity contribution in [2.75, 3.05) is 0 Å². The Morgan fingerprint density at radius 3 is 2.23 bits per heavy atom. The molecule has 0 fully saturated rings. The number of phenolic OH excluding ortho intramolecular Hbond substituents is 1. The Kier molecular flexibility index (Phi) is 5.14. The molecular formula is C22H20F3NO4. The number of fused-ring (bicyclic) bond motifs is 1. The lowest BCUT2D eigenvalue weighted by Crippen LogP contribution is -2.38. The molecule has 0 unspecified atom stereocenters. The number of rotatable bonds is 4. The summed E-state index contributed by atoms with van der Waals surface area (Å²) in [6.07, 6.45) is 0.